The fourth-order valence-corrected chi connectivity index (χ4v) is 0.858. The second-order valence-electron chi connectivity index (χ2n) is 2.41. The largest absolute Gasteiger partial charge is 0.356 e. The van der Waals surface area contributed by atoms with Gasteiger partial charge in [-0.25, -0.2) is 0 Å². The van der Waals surface area contributed by atoms with Crippen LogP contribution in [0.25, 0.3) is 0 Å². The van der Waals surface area contributed by atoms with Crippen molar-refractivity contribution in [2.45, 2.75) is 38.6 Å². The molecule has 0 bridgehead atoms. The van der Waals surface area contributed by atoms with Gasteiger partial charge in [0.2, 0.25) is 6.41 Å². The molecule has 1 amide bonds. The van der Waals surface area contributed by atoms with Gasteiger partial charge in [0.25, 0.3) is 0 Å². The SMILES string of the molecule is [CH2]CC(CCCC)NC=O. The normalized spacial score (nSPS) is 12.6. The van der Waals surface area contributed by atoms with Gasteiger partial charge in [0.15, 0.2) is 0 Å². The van der Waals surface area contributed by atoms with Crippen molar-refractivity contribution in [3.8, 4) is 0 Å². The van der Waals surface area contributed by atoms with E-state index in [0.717, 1.165) is 19.3 Å². The Morgan fingerprint density at radius 1 is 1.70 bits per heavy atom. The summed E-state index contributed by atoms with van der Waals surface area (Å²) < 4.78 is 0. The zero-order valence-corrected chi connectivity index (χ0v) is 6.60. The molecule has 0 aromatic carbocycles. The fourth-order valence-electron chi connectivity index (χ4n) is 0.858. The predicted octanol–water partition coefficient (Wildman–Crippen LogP) is 1.52. The summed E-state index contributed by atoms with van der Waals surface area (Å²) in [6.45, 7) is 5.88. The second kappa shape index (κ2) is 6.59. The molecule has 59 valence electrons. The molecule has 0 aliphatic carbocycles. The van der Waals surface area contributed by atoms with Crippen molar-refractivity contribution in [1.82, 2.24) is 5.32 Å². The van der Waals surface area contributed by atoms with Crippen LogP contribution in [0.5, 0.6) is 0 Å². The van der Waals surface area contributed by atoms with E-state index >= 15 is 0 Å². The Balaban J connectivity index is 3.29. The fraction of sp³-hybridized carbons (Fsp3) is 0.750. The Morgan fingerprint density at radius 2 is 2.40 bits per heavy atom. The highest BCUT2D eigenvalue weighted by Crippen LogP contribution is 2.02. The van der Waals surface area contributed by atoms with Gasteiger partial charge in [0.05, 0.1) is 0 Å². The molecule has 1 unspecified atom stereocenters. The van der Waals surface area contributed by atoms with Crippen molar-refractivity contribution in [3.05, 3.63) is 6.92 Å². The number of carbonyl (C=O) groups excluding carboxylic acids is 1. The van der Waals surface area contributed by atoms with Gasteiger partial charge in [-0.2, -0.15) is 0 Å². The van der Waals surface area contributed by atoms with Crippen LogP contribution in [0, 0.1) is 6.92 Å². The smallest absolute Gasteiger partial charge is 0.207 e. The molecule has 1 N–H and O–H groups in total. The van der Waals surface area contributed by atoms with E-state index in [-0.39, 0.29) is 6.04 Å². The lowest BCUT2D eigenvalue weighted by Gasteiger charge is -2.11. The van der Waals surface area contributed by atoms with Crippen LogP contribution in [0.3, 0.4) is 0 Å². The highest BCUT2D eigenvalue weighted by molar-refractivity contribution is 5.46. The Hall–Kier alpha value is -0.530. The zero-order valence-electron chi connectivity index (χ0n) is 6.60. The first-order valence-corrected chi connectivity index (χ1v) is 3.84. The van der Waals surface area contributed by atoms with E-state index < -0.39 is 0 Å². The first kappa shape index (κ1) is 9.47. The lowest BCUT2D eigenvalue weighted by atomic mass is 10.1. The molecule has 2 heteroatoms. The summed E-state index contributed by atoms with van der Waals surface area (Å²) >= 11 is 0. The summed E-state index contributed by atoms with van der Waals surface area (Å²) in [5.74, 6) is 0. The number of hydrogen-bond acceptors (Lipinski definition) is 1. The highest BCUT2D eigenvalue weighted by Gasteiger charge is 2.01. The Morgan fingerprint density at radius 3 is 2.80 bits per heavy atom. The maximum atomic E-state index is 10.00. The first-order valence-electron chi connectivity index (χ1n) is 3.84. The summed E-state index contributed by atoms with van der Waals surface area (Å²) in [5, 5.41) is 2.72. The van der Waals surface area contributed by atoms with Gasteiger partial charge in [-0.15, -0.1) is 0 Å². The van der Waals surface area contributed by atoms with Gasteiger partial charge in [-0.1, -0.05) is 26.7 Å². The predicted molar refractivity (Wildman–Crippen MR) is 42.5 cm³/mol. The first-order chi connectivity index (χ1) is 4.85. The minimum Gasteiger partial charge on any atom is -0.356 e. The van der Waals surface area contributed by atoms with Crippen LogP contribution in [0.2, 0.25) is 0 Å². The van der Waals surface area contributed by atoms with Crippen LogP contribution in [0.1, 0.15) is 32.6 Å². The quantitative estimate of drug-likeness (QED) is 0.560. The molecule has 0 fully saturated rings. The second-order valence-corrected chi connectivity index (χ2v) is 2.41. The average Bonchev–Trinajstić information content (AvgIpc) is 1.98. The molecule has 10 heavy (non-hydrogen) atoms. The summed E-state index contributed by atoms with van der Waals surface area (Å²) in [4.78, 5) is 10.00. The van der Waals surface area contributed by atoms with Crippen LogP contribution in [0.15, 0.2) is 0 Å². The van der Waals surface area contributed by atoms with E-state index in [1.165, 1.54) is 12.8 Å². The standard InChI is InChI=1S/C8H16NO/c1-3-5-6-8(4-2)9-7-10/h7-8H,2-6H2,1H3,(H,9,10). The molecule has 0 aromatic heterocycles. The third-order valence-corrected chi connectivity index (χ3v) is 1.56. The molecule has 0 saturated heterocycles. The van der Waals surface area contributed by atoms with Crippen molar-refractivity contribution in [1.29, 1.82) is 0 Å². The number of carbonyl (C=O) groups is 1. The van der Waals surface area contributed by atoms with Gasteiger partial charge >= 0.3 is 0 Å². The van der Waals surface area contributed by atoms with E-state index in [4.69, 9.17) is 0 Å². The molecule has 0 rings (SSSR count). The van der Waals surface area contributed by atoms with Gasteiger partial charge in [-0.3, -0.25) is 4.79 Å². The van der Waals surface area contributed by atoms with Gasteiger partial charge in [0, 0.05) is 6.04 Å². The molecular formula is C8H16NO. The summed E-state index contributed by atoms with van der Waals surface area (Å²) in [5.41, 5.74) is 0. The third kappa shape index (κ3) is 4.36. The Kier molecular flexibility index (Phi) is 6.24. The molecule has 0 aliphatic rings. The molecule has 0 saturated carbocycles. The van der Waals surface area contributed by atoms with Crippen molar-refractivity contribution in [2.24, 2.45) is 0 Å². The van der Waals surface area contributed by atoms with Crippen LogP contribution in [0.4, 0.5) is 0 Å². The number of amides is 1. The minimum atomic E-state index is 0.289. The molecule has 2 nitrogen and oxygen atoms in total. The molecule has 0 spiro atoms. The van der Waals surface area contributed by atoms with Crippen molar-refractivity contribution in [2.75, 3.05) is 0 Å². The molecule has 1 radical (unpaired) electrons. The van der Waals surface area contributed by atoms with Gasteiger partial charge in [0.1, 0.15) is 0 Å². The number of rotatable bonds is 6. The monoisotopic (exact) mass is 142 g/mol. The topological polar surface area (TPSA) is 29.1 Å². The van der Waals surface area contributed by atoms with E-state index in [9.17, 15) is 4.79 Å². The average molecular weight is 142 g/mol. The molecule has 0 aromatic rings. The summed E-state index contributed by atoms with van der Waals surface area (Å²) in [6.07, 6.45) is 4.95. The van der Waals surface area contributed by atoms with E-state index in [2.05, 4.69) is 19.2 Å². The van der Waals surface area contributed by atoms with Crippen LogP contribution < -0.4 is 5.32 Å². The minimum absolute atomic E-state index is 0.289. The molecule has 0 aliphatic heterocycles. The number of hydrogen-bond donors (Lipinski definition) is 1. The molecular weight excluding hydrogens is 126 g/mol. The van der Waals surface area contributed by atoms with E-state index in [1.807, 2.05) is 0 Å². The lowest BCUT2D eigenvalue weighted by molar-refractivity contribution is -0.110. The van der Waals surface area contributed by atoms with Crippen molar-refractivity contribution >= 4 is 6.41 Å². The Bertz CT molecular complexity index is 83.3. The highest BCUT2D eigenvalue weighted by atomic mass is 16.1. The summed E-state index contributed by atoms with van der Waals surface area (Å²) in [6, 6.07) is 0.289. The van der Waals surface area contributed by atoms with E-state index in [1.54, 1.807) is 0 Å². The van der Waals surface area contributed by atoms with Gasteiger partial charge < -0.3 is 5.32 Å². The number of nitrogens with one attached hydrogen (secondary N) is 1. The maximum Gasteiger partial charge on any atom is 0.207 e. The maximum absolute atomic E-state index is 10.00. The Labute approximate surface area is 63.0 Å². The molecule has 1 atom stereocenters. The lowest BCUT2D eigenvalue weighted by Crippen LogP contribution is -2.26. The summed E-state index contributed by atoms with van der Waals surface area (Å²) in [7, 11) is 0. The zero-order chi connectivity index (χ0) is 7.82. The van der Waals surface area contributed by atoms with Crippen molar-refractivity contribution < 1.29 is 4.79 Å². The van der Waals surface area contributed by atoms with Crippen LogP contribution in [-0.2, 0) is 4.79 Å². The molecule has 0 heterocycles. The van der Waals surface area contributed by atoms with E-state index in [0.29, 0.717) is 0 Å². The van der Waals surface area contributed by atoms with Crippen LogP contribution >= 0.6 is 0 Å². The number of unbranched alkanes of at least 4 members (excludes halogenated alkanes) is 1. The van der Waals surface area contributed by atoms with Gasteiger partial charge in [-0.05, 0) is 12.8 Å². The van der Waals surface area contributed by atoms with Crippen LogP contribution in [-0.4, -0.2) is 12.5 Å². The third-order valence-electron chi connectivity index (χ3n) is 1.56. The van der Waals surface area contributed by atoms with Crippen molar-refractivity contribution in [3.63, 3.8) is 0 Å².